The summed E-state index contributed by atoms with van der Waals surface area (Å²) in [5.41, 5.74) is 0.919. The van der Waals surface area contributed by atoms with E-state index in [-0.39, 0.29) is 16.7 Å². The van der Waals surface area contributed by atoms with Crippen molar-refractivity contribution in [3.05, 3.63) is 39.9 Å². The van der Waals surface area contributed by atoms with Crippen LogP contribution < -0.4 is 0 Å². The normalized spacial score (nSPS) is 19.8. The first-order valence-electron chi connectivity index (χ1n) is 6.58. The lowest BCUT2D eigenvalue weighted by molar-refractivity contribution is -0.385. The Morgan fingerprint density at radius 2 is 2.21 bits per heavy atom. The maximum Gasteiger partial charge on any atom is 0.272 e. The van der Waals surface area contributed by atoms with Crippen molar-refractivity contribution < 1.29 is 4.92 Å². The Kier molecular flexibility index (Phi) is 4.48. The molecule has 1 aromatic rings. The number of piperidine rings is 1. The number of benzene rings is 1. The number of para-hydroxylation sites is 1. The highest BCUT2D eigenvalue weighted by atomic mass is 16.6. The molecule has 1 fully saturated rings. The average Bonchev–Trinajstić information content (AvgIpc) is 2.45. The van der Waals surface area contributed by atoms with E-state index in [9.17, 15) is 10.1 Å². The minimum absolute atomic E-state index is 0.0310. The second-order valence-electron chi connectivity index (χ2n) is 4.81. The summed E-state index contributed by atoms with van der Waals surface area (Å²) in [4.78, 5) is 12.7. The average molecular weight is 259 g/mol. The van der Waals surface area contributed by atoms with Crippen LogP contribution in [-0.2, 0) is 6.42 Å². The Bertz CT molecular complexity index is 496. The molecule has 0 amide bonds. The van der Waals surface area contributed by atoms with E-state index >= 15 is 0 Å². The molecule has 0 aromatic heterocycles. The lowest BCUT2D eigenvalue weighted by Gasteiger charge is -2.31. The Balaban J connectivity index is 2.02. The van der Waals surface area contributed by atoms with Gasteiger partial charge in [-0.3, -0.25) is 15.0 Å². The van der Waals surface area contributed by atoms with Crippen molar-refractivity contribution in [1.29, 1.82) is 5.26 Å². The molecule has 1 aliphatic heterocycles. The number of nitrogens with zero attached hydrogens (tertiary/aromatic N) is 3. The molecule has 100 valence electrons. The van der Waals surface area contributed by atoms with Gasteiger partial charge < -0.3 is 0 Å². The Hall–Kier alpha value is -1.93. The zero-order valence-corrected chi connectivity index (χ0v) is 10.8. The van der Waals surface area contributed by atoms with Crippen LogP contribution in [0.3, 0.4) is 0 Å². The van der Waals surface area contributed by atoms with Crippen LogP contribution in [0.4, 0.5) is 5.69 Å². The summed E-state index contributed by atoms with van der Waals surface area (Å²) in [5.74, 6) is 0. The predicted octanol–water partition coefficient (Wildman–Crippen LogP) is 2.52. The fourth-order valence-corrected chi connectivity index (χ4v) is 2.57. The van der Waals surface area contributed by atoms with Gasteiger partial charge in [0.15, 0.2) is 0 Å². The van der Waals surface area contributed by atoms with Gasteiger partial charge in [0, 0.05) is 18.2 Å². The molecule has 0 N–H and O–H groups in total. The number of nitro benzene ring substituents is 1. The highest BCUT2D eigenvalue weighted by Gasteiger charge is 2.22. The number of nitriles is 1. The van der Waals surface area contributed by atoms with Crippen LogP contribution >= 0.6 is 0 Å². The van der Waals surface area contributed by atoms with Gasteiger partial charge >= 0.3 is 0 Å². The first-order valence-corrected chi connectivity index (χ1v) is 6.58. The largest absolute Gasteiger partial charge is 0.288 e. The molecular weight excluding hydrogens is 242 g/mol. The first kappa shape index (κ1) is 13.5. The number of hydrogen-bond donors (Lipinski definition) is 0. The van der Waals surface area contributed by atoms with Crippen molar-refractivity contribution in [3.63, 3.8) is 0 Å². The fraction of sp³-hybridized carbons (Fsp3) is 0.500. The number of nitro groups is 1. The SMILES string of the molecule is N#CC1CCCCN1CCc1ccccc1[N+](=O)[O-]. The monoisotopic (exact) mass is 259 g/mol. The molecule has 1 aromatic carbocycles. The van der Waals surface area contributed by atoms with Gasteiger partial charge in [0.2, 0.25) is 0 Å². The van der Waals surface area contributed by atoms with E-state index in [0.717, 1.165) is 31.4 Å². The summed E-state index contributed by atoms with van der Waals surface area (Å²) in [6.45, 7) is 1.63. The molecule has 0 saturated carbocycles. The third kappa shape index (κ3) is 3.30. The zero-order valence-electron chi connectivity index (χ0n) is 10.8. The fourth-order valence-electron chi connectivity index (χ4n) is 2.57. The Morgan fingerprint density at radius 3 is 2.95 bits per heavy atom. The van der Waals surface area contributed by atoms with Crippen LogP contribution in [0.15, 0.2) is 24.3 Å². The third-order valence-corrected chi connectivity index (χ3v) is 3.62. The highest BCUT2D eigenvalue weighted by molar-refractivity contribution is 5.39. The maximum atomic E-state index is 10.9. The summed E-state index contributed by atoms with van der Waals surface area (Å²) in [6.07, 6.45) is 3.73. The van der Waals surface area contributed by atoms with E-state index in [4.69, 9.17) is 5.26 Å². The Labute approximate surface area is 112 Å². The van der Waals surface area contributed by atoms with Gasteiger partial charge in [0.05, 0.1) is 17.0 Å². The molecule has 5 heteroatoms. The van der Waals surface area contributed by atoms with E-state index < -0.39 is 0 Å². The highest BCUT2D eigenvalue weighted by Crippen LogP contribution is 2.21. The molecule has 1 aliphatic rings. The van der Waals surface area contributed by atoms with Gasteiger partial charge in [-0.1, -0.05) is 18.2 Å². The molecule has 0 bridgehead atoms. The van der Waals surface area contributed by atoms with Crippen molar-refractivity contribution >= 4 is 5.69 Å². The molecule has 5 nitrogen and oxygen atoms in total. The minimum Gasteiger partial charge on any atom is -0.288 e. The van der Waals surface area contributed by atoms with Gasteiger partial charge in [-0.05, 0) is 32.2 Å². The van der Waals surface area contributed by atoms with E-state index in [1.54, 1.807) is 12.1 Å². The second-order valence-corrected chi connectivity index (χ2v) is 4.81. The molecule has 0 radical (unpaired) electrons. The van der Waals surface area contributed by atoms with Gasteiger partial charge in [0.25, 0.3) is 5.69 Å². The standard InChI is InChI=1S/C14H17N3O2/c15-11-13-6-3-4-9-16(13)10-8-12-5-1-2-7-14(12)17(18)19/h1-2,5,7,13H,3-4,6,8-10H2. The van der Waals surface area contributed by atoms with E-state index in [0.29, 0.717) is 13.0 Å². The van der Waals surface area contributed by atoms with Crippen molar-refractivity contribution in [2.24, 2.45) is 0 Å². The molecule has 0 aliphatic carbocycles. The van der Waals surface area contributed by atoms with Crippen molar-refractivity contribution in [1.82, 2.24) is 4.90 Å². The van der Waals surface area contributed by atoms with E-state index in [1.807, 2.05) is 6.07 Å². The van der Waals surface area contributed by atoms with Crippen LogP contribution in [0.1, 0.15) is 24.8 Å². The summed E-state index contributed by atoms with van der Waals surface area (Å²) < 4.78 is 0. The number of likely N-dealkylation sites (tertiary alicyclic amines) is 1. The van der Waals surface area contributed by atoms with E-state index in [2.05, 4.69) is 11.0 Å². The lowest BCUT2D eigenvalue weighted by atomic mass is 10.0. The lowest BCUT2D eigenvalue weighted by Crippen LogP contribution is -2.39. The molecule has 1 saturated heterocycles. The van der Waals surface area contributed by atoms with Crippen molar-refractivity contribution in [2.45, 2.75) is 31.7 Å². The molecule has 0 spiro atoms. The van der Waals surface area contributed by atoms with Crippen LogP contribution in [0, 0.1) is 21.4 Å². The predicted molar refractivity (Wildman–Crippen MR) is 71.6 cm³/mol. The van der Waals surface area contributed by atoms with Crippen molar-refractivity contribution in [2.75, 3.05) is 13.1 Å². The van der Waals surface area contributed by atoms with Gasteiger partial charge in [-0.2, -0.15) is 5.26 Å². The summed E-state index contributed by atoms with van der Waals surface area (Å²) in [5, 5.41) is 20.0. The second kappa shape index (κ2) is 6.30. The molecule has 1 unspecified atom stereocenters. The Morgan fingerprint density at radius 1 is 1.42 bits per heavy atom. The molecule has 19 heavy (non-hydrogen) atoms. The van der Waals surface area contributed by atoms with Crippen molar-refractivity contribution in [3.8, 4) is 6.07 Å². The first-order chi connectivity index (χ1) is 9.22. The summed E-state index contributed by atoms with van der Waals surface area (Å²) in [7, 11) is 0. The minimum atomic E-state index is -0.340. The van der Waals surface area contributed by atoms with Gasteiger partial charge in [-0.25, -0.2) is 0 Å². The molecular formula is C14H17N3O2. The van der Waals surface area contributed by atoms with Crippen LogP contribution in [-0.4, -0.2) is 29.0 Å². The van der Waals surface area contributed by atoms with Crippen LogP contribution in [0.5, 0.6) is 0 Å². The molecule has 1 heterocycles. The smallest absolute Gasteiger partial charge is 0.272 e. The van der Waals surface area contributed by atoms with Gasteiger partial charge in [-0.15, -0.1) is 0 Å². The zero-order chi connectivity index (χ0) is 13.7. The van der Waals surface area contributed by atoms with Crippen LogP contribution in [0.2, 0.25) is 0 Å². The molecule has 2 rings (SSSR count). The number of hydrogen-bond acceptors (Lipinski definition) is 4. The maximum absolute atomic E-state index is 10.9. The topological polar surface area (TPSA) is 70.2 Å². The third-order valence-electron chi connectivity index (χ3n) is 3.62. The summed E-state index contributed by atoms with van der Waals surface area (Å²) >= 11 is 0. The van der Waals surface area contributed by atoms with E-state index in [1.165, 1.54) is 6.07 Å². The summed E-state index contributed by atoms with van der Waals surface area (Å²) in [6, 6.07) is 9.12. The number of rotatable bonds is 4. The van der Waals surface area contributed by atoms with Gasteiger partial charge in [0.1, 0.15) is 0 Å². The quantitative estimate of drug-likeness (QED) is 0.615. The molecule has 1 atom stereocenters. The van der Waals surface area contributed by atoms with Crippen LogP contribution in [0.25, 0.3) is 0 Å².